The molecule has 1 heteroatoms. The monoisotopic (exact) mass is 256 g/mol. The third-order valence-electron chi connectivity index (χ3n) is 3.85. The summed E-state index contributed by atoms with van der Waals surface area (Å²) in [7, 11) is 0. The van der Waals surface area contributed by atoms with Crippen LogP contribution in [0.2, 0.25) is 0 Å². The zero-order chi connectivity index (χ0) is 13.5. The third kappa shape index (κ3) is 1.47. The fraction of sp³-hybridized carbons (Fsp3) is 0. The molecule has 0 fully saturated rings. The Labute approximate surface area is 116 Å². The number of hydrogen-bond acceptors (Lipinski definition) is 1. The van der Waals surface area contributed by atoms with E-state index in [2.05, 4.69) is 12.1 Å². The van der Waals surface area contributed by atoms with E-state index in [0.717, 1.165) is 32.3 Å². The number of rotatable bonds is 0. The molecule has 0 saturated carbocycles. The standard InChI is InChI=1S/C19H12O/c20-19-17-11-5-3-9-15(17)13-7-1-2-8-14(13)16-10-4-6-12-18(16)19/h1-12H. The van der Waals surface area contributed by atoms with Crippen LogP contribution in [0.4, 0.5) is 0 Å². The van der Waals surface area contributed by atoms with Crippen molar-refractivity contribution in [3.05, 3.63) is 83.0 Å². The Balaban J connectivity index is 2.54. The predicted octanol–water partition coefficient (Wildman–Crippen LogP) is 4.51. The fourth-order valence-corrected chi connectivity index (χ4v) is 2.93. The van der Waals surface area contributed by atoms with E-state index in [-0.39, 0.29) is 5.43 Å². The minimum absolute atomic E-state index is 0.104. The van der Waals surface area contributed by atoms with E-state index in [0.29, 0.717) is 0 Å². The molecule has 0 N–H and O–H groups in total. The Hall–Kier alpha value is -2.67. The van der Waals surface area contributed by atoms with Crippen molar-refractivity contribution in [2.75, 3.05) is 0 Å². The van der Waals surface area contributed by atoms with Gasteiger partial charge < -0.3 is 0 Å². The molecular formula is C19H12O. The van der Waals surface area contributed by atoms with Gasteiger partial charge in [-0.15, -0.1) is 0 Å². The summed E-state index contributed by atoms with van der Waals surface area (Å²) in [5.41, 5.74) is 0.104. The highest BCUT2D eigenvalue weighted by atomic mass is 16.1. The minimum Gasteiger partial charge on any atom is -0.289 e. The molecule has 0 saturated heterocycles. The van der Waals surface area contributed by atoms with Gasteiger partial charge >= 0.3 is 0 Å². The van der Waals surface area contributed by atoms with Gasteiger partial charge in [0.15, 0.2) is 5.43 Å². The molecule has 0 aliphatic heterocycles. The molecule has 94 valence electrons. The van der Waals surface area contributed by atoms with E-state index in [1.54, 1.807) is 0 Å². The molecule has 0 aromatic heterocycles. The molecule has 0 amide bonds. The van der Waals surface area contributed by atoms with Crippen molar-refractivity contribution in [2.24, 2.45) is 0 Å². The molecule has 0 unspecified atom stereocenters. The lowest BCUT2D eigenvalue weighted by Crippen LogP contribution is -1.97. The second-order valence-electron chi connectivity index (χ2n) is 4.97. The average Bonchev–Trinajstić information content (AvgIpc) is 2.64. The van der Waals surface area contributed by atoms with Crippen LogP contribution in [0.5, 0.6) is 0 Å². The first-order valence-electron chi connectivity index (χ1n) is 6.69. The van der Waals surface area contributed by atoms with Gasteiger partial charge in [0.2, 0.25) is 0 Å². The highest BCUT2D eigenvalue weighted by Crippen LogP contribution is 2.27. The van der Waals surface area contributed by atoms with E-state index in [4.69, 9.17) is 0 Å². The minimum atomic E-state index is 0.104. The molecule has 1 nitrogen and oxygen atoms in total. The smallest absolute Gasteiger partial charge is 0.194 e. The topological polar surface area (TPSA) is 17.1 Å². The van der Waals surface area contributed by atoms with Crippen molar-refractivity contribution in [1.29, 1.82) is 0 Å². The molecule has 0 heterocycles. The van der Waals surface area contributed by atoms with Crippen LogP contribution in [0.25, 0.3) is 32.3 Å². The average molecular weight is 256 g/mol. The zero-order valence-corrected chi connectivity index (χ0v) is 10.8. The van der Waals surface area contributed by atoms with Crippen LogP contribution in [0.1, 0.15) is 0 Å². The SMILES string of the molecule is O=c1c2ccccc2c2ccccc2c2ccccc12. The lowest BCUT2D eigenvalue weighted by atomic mass is 10.1. The van der Waals surface area contributed by atoms with E-state index in [9.17, 15) is 4.79 Å². The van der Waals surface area contributed by atoms with Crippen molar-refractivity contribution < 1.29 is 0 Å². The zero-order valence-electron chi connectivity index (χ0n) is 10.8. The van der Waals surface area contributed by atoms with Crippen LogP contribution in [0.15, 0.2) is 77.6 Å². The fourth-order valence-electron chi connectivity index (χ4n) is 2.93. The summed E-state index contributed by atoms with van der Waals surface area (Å²) in [4.78, 5) is 12.8. The first kappa shape index (κ1) is 11.2. The van der Waals surface area contributed by atoms with Crippen LogP contribution < -0.4 is 5.43 Å². The van der Waals surface area contributed by atoms with Gasteiger partial charge in [0, 0.05) is 10.8 Å². The van der Waals surface area contributed by atoms with Crippen LogP contribution in [0, 0.1) is 0 Å². The molecule has 0 atom stereocenters. The molecular weight excluding hydrogens is 244 g/mol. The molecule has 4 aromatic rings. The normalized spacial score (nSPS) is 11.2. The van der Waals surface area contributed by atoms with E-state index < -0.39 is 0 Å². The van der Waals surface area contributed by atoms with Crippen molar-refractivity contribution >= 4 is 32.3 Å². The molecule has 0 bridgehead atoms. The maximum Gasteiger partial charge on any atom is 0.194 e. The summed E-state index contributed by atoms with van der Waals surface area (Å²) in [5.74, 6) is 0. The largest absolute Gasteiger partial charge is 0.289 e. The summed E-state index contributed by atoms with van der Waals surface area (Å²) in [6, 6.07) is 23.9. The third-order valence-corrected chi connectivity index (χ3v) is 3.85. The van der Waals surface area contributed by atoms with E-state index in [1.807, 2.05) is 60.7 Å². The van der Waals surface area contributed by atoms with Crippen LogP contribution >= 0.6 is 0 Å². The van der Waals surface area contributed by atoms with Gasteiger partial charge in [-0.1, -0.05) is 72.8 Å². The molecule has 0 radical (unpaired) electrons. The summed E-state index contributed by atoms with van der Waals surface area (Å²) >= 11 is 0. The summed E-state index contributed by atoms with van der Waals surface area (Å²) < 4.78 is 0. The van der Waals surface area contributed by atoms with Crippen molar-refractivity contribution in [2.45, 2.75) is 0 Å². The van der Waals surface area contributed by atoms with Crippen LogP contribution in [-0.2, 0) is 0 Å². The molecule has 4 aromatic carbocycles. The number of hydrogen-bond donors (Lipinski definition) is 0. The second kappa shape index (κ2) is 4.17. The van der Waals surface area contributed by atoms with Crippen molar-refractivity contribution in [1.82, 2.24) is 0 Å². The maximum absolute atomic E-state index is 12.8. The molecule has 4 rings (SSSR count). The quantitative estimate of drug-likeness (QED) is 0.452. The lowest BCUT2D eigenvalue weighted by molar-refractivity contribution is 1.75. The summed E-state index contributed by atoms with van der Waals surface area (Å²) in [6.45, 7) is 0. The highest BCUT2D eigenvalue weighted by Gasteiger charge is 2.07. The van der Waals surface area contributed by atoms with Gasteiger partial charge in [-0.2, -0.15) is 0 Å². The molecule has 0 aliphatic rings. The predicted molar refractivity (Wildman–Crippen MR) is 85.2 cm³/mol. The first-order valence-corrected chi connectivity index (χ1v) is 6.69. The van der Waals surface area contributed by atoms with Gasteiger partial charge in [0.1, 0.15) is 0 Å². The molecule has 0 spiro atoms. The van der Waals surface area contributed by atoms with Crippen molar-refractivity contribution in [3.8, 4) is 0 Å². The Morgan fingerprint density at radius 1 is 0.400 bits per heavy atom. The first-order chi connectivity index (χ1) is 9.86. The Morgan fingerprint density at radius 3 is 1.00 bits per heavy atom. The van der Waals surface area contributed by atoms with Crippen LogP contribution in [0.3, 0.4) is 0 Å². The summed E-state index contributed by atoms with van der Waals surface area (Å²) in [5, 5.41) is 5.85. The molecule has 20 heavy (non-hydrogen) atoms. The van der Waals surface area contributed by atoms with E-state index in [1.165, 1.54) is 0 Å². The Kier molecular flexibility index (Phi) is 2.33. The Bertz CT molecular complexity index is 935. The van der Waals surface area contributed by atoms with Crippen molar-refractivity contribution in [3.63, 3.8) is 0 Å². The van der Waals surface area contributed by atoms with Gasteiger partial charge in [-0.05, 0) is 21.5 Å². The number of fused-ring (bicyclic) bond motifs is 5. The van der Waals surface area contributed by atoms with Gasteiger partial charge in [0.05, 0.1) is 0 Å². The van der Waals surface area contributed by atoms with E-state index >= 15 is 0 Å². The van der Waals surface area contributed by atoms with Gasteiger partial charge in [-0.25, -0.2) is 0 Å². The van der Waals surface area contributed by atoms with Gasteiger partial charge in [0.25, 0.3) is 0 Å². The van der Waals surface area contributed by atoms with Gasteiger partial charge in [-0.3, -0.25) is 4.79 Å². The second-order valence-corrected chi connectivity index (χ2v) is 4.97. The highest BCUT2D eigenvalue weighted by molar-refractivity contribution is 6.17. The van der Waals surface area contributed by atoms with Crippen LogP contribution in [-0.4, -0.2) is 0 Å². The Morgan fingerprint density at radius 2 is 0.650 bits per heavy atom. The number of benzene rings is 3. The maximum atomic E-state index is 12.8. The molecule has 0 aliphatic carbocycles. The lowest BCUT2D eigenvalue weighted by Gasteiger charge is -1.98. The summed E-state index contributed by atoms with van der Waals surface area (Å²) in [6.07, 6.45) is 0.